The Morgan fingerprint density at radius 1 is 1.16 bits per heavy atom. The summed E-state index contributed by atoms with van der Waals surface area (Å²) in [5.41, 5.74) is 1.30. The van der Waals surface area contributed by atoms with Gasteiger partial charge in [-0.1, -0.05) is 11.6 Å². The summed E-state index contributed by atoms with van der Waals surface area (Å²) in [5, 5.41) is 9.37. The number of urea groups is 1. The topological polar surface area (TPSA) is 102 Å². The fourth-order valence-corrected chi connectivity index (χ4v) is 3.48. The second kappa shape index (κ2) is 9.32. The highest BCUT2D eigenvalue weighted by molar-refractivity contribution is 6.33. The van der Waals surface area contributed by atoms with E-state index < -0.39 is 0 Å². The lowest BCUT2D eigenvalue weighted by atomic mass is 10.1. The van der Waals surface area contributed by atoms with Crippen molar-refractivity contribution >= 4 is 40.1 Å². The van der Waals surface area contributed by atoms with E-state index in [4.69, 9.17) is 21.1 Å². The number of amides is 3. The van der Waals surface area contributed by atoms with Crippen molar-refractivity contribution in [1.82, 2.24) is 15.6 Å². The SMILES string of the molecule is CCNC(=O)c1c(OC)ccc2c(Oc3ccc(NC(=O)NC4CC4)c(Cl)c3)ccnc12. The predicted molar refractivity (Wildman–Crippen MR) is 123 cm³/mol. The zero-order chi connectivity index (χ0) is 22.7. The number of pyridine rings is 1. The van der Waals surface area contributed by atoms with Crippen molar-refractivity contribution in [2.45, 2.75) is 25.8 Å². The van der Waals surface area contributed by atoms with Crippen LogP contribution < -0.4 is 25.4 Å². The third kappa shape index (κ3) is 4.70. The molecular weight excluding hydrogens is 432 g/mol. The Morgan fingerprint density at radius 2 is 1.97 bits per heavy atom. The number of nitrogens with one attached hydrogen (secondary N) is 3. The van der Waals surface area contributed by atoms with Gasteiger partial charge in [-0.3, -0.25) is 9.78 Å². The highest BCUT2D eigenvalue weighted by atomic mass is 35.5. The van der Waals surface area contributed by atoms with E-state index in [0.29, 0.717) is 51.0 Å². The average Bonchev–Trinajstić information content (AvgIpc) is 3.59. The van der Waals surface area contributed by atoms with E-state index in [1.54, 1.807) is 42.6 Å². The number of fused-ring (bicyclic) bond motifs is 1. The van der Waals surface area contributed by atoms with Crippen molar-refractivity contribution in [3.05, 3.63) is 53.2 Å². The average molecular weight is 455 g/mol. The number of aromatic nitrogens is 1. The summed E-state index contributed by atoms with van der Waals surface area (Å²) in [6.07, 6.45) is 3.57. The Balaban J connectivity index is 1.61. The molecule has 0 aliphatic heterocycles. The van der Waals surface area contributed by atoms with Crippen LogP contribution in [0.5, 0.6) is 17.2 Å². The van der Waals surface area contributed by atoms with E-state index in [-0.39, 0.29) is 18.0 Å². The first kappa shape index (κ1) is 21.7. The predicted octanol–water partition coefficient (Wildman–Crippen LogP) is 4.72. The van der Waals surface area contributed by atoms with Crippen LogP contribution in [-0.4, -0.2) is 36.6 Å². The third-order valence-electron chi connectivity index (χ3n) is 4.95. The van der Waals surface area contributed by atoms with Crippen LogP contribution in [0.3, 0.4) is 0 Å². The first-order chi connectivity index (χ1) is 15.5. The standard InChI is InChI=1S/C23H23ClN4O4/c1-3-25-22(29)20-19(31-2)9-7-15-18(10-11-26-21(15)20)32-14-6-8-17(16(24)12-14)28-23(30)27-13-4-5-13/h6-13H,3-5H2,1-2H3,(H,25,29)(H2,27,28,30). The Morgan fingerprint density at radius 3 is 2.66 bits per heavy atom. The molecule has 9 heteroatoms. The van der Waals surface area contributed by atoms with Gasteiger partial charge in [-0.15, -0.1) is 0 Å². The molecule has 0 unspecified atom stereocenters. The molecule has 3 N–H and O–H groups in total. The fraction of sp³-hybridized carbons (Fsp3) is 0.261. The number of nitrogens with zero attached hydrogens (tertiary/aromatic N) is 1. The van der Waals surface area contributed by atoms with Crippen LogP contribution in [0.2, 0.25) is 5.02 Å². The van der Waals surface area contributed by atoms with Gasteiger partial charge >= 0.3 is 6.03 Å². The Labute approximate surface area is 190 Å². The van der Waals surface area contributed by atoms with Crippen LogP contribution in [0.25, 0.3) is 10.9 Å². The maximum absolute atomic E-state index is 12.6. The van der Waals surface area contributed by atoms with Gasteiger partial charge in [0.2, 0.25) is 0 Å². The van der Waals surface area contributed by atoms with E-state index in [1.165, 1.54) is 7.11 Å². The molecule has 1 heterocycles. The second-order valence-electron chi connectivity index (χ2n) is 7.32. The molecule has 0 atom stereocenters. The summed E-state index contributed by atoms with van der Waals surface area (Å²) in [5.74, 6) is 1.14. The minimum absolute atomic E-state index is 0.249. The molecule has 8 nitrogen and oxygen atoms in total. The highest BCUT2D eigenvalue weighted by Crippen LogP contribution is 2.36. The van der Waals surface area contributed by atoms with Crippen molar-refractivity contribution in [3.63, 3.8) is 0 Å². The van der Waals surface area contributed by atoms with Gasteiger partial charge < -0.3 is 25.4 Å². The van der Waals surface area contributed by atoms with E-state index in [2.05, 4.69) is 20.9 Å². The van der Waals surface area contributed by atoms with E-state index in [1.807, 2.05) is 6.92 Å². The van der Waals surface area contributed by atoms with Crippen LogP contribution in [0, 0.1) is 0 Å². The molecule has 0 spiro atoms. The maximum Gasteiger partial charge on any atom is 0.319 e. The molecule has 0 radical (unpaired) electrons. The summed E-state index contributed by atoms with van der Waals surface area (Å²) in [4.78, 5) is 29.0. The van der Waals surface area contributed by atoms with Crippen LogP contribution in [0.4, 0.5) is 10.5 Å². The fourth-order valence-electron chi connectivity index (χ4n) is 3.26. The molecule has 3 amide bonds. The number of rotatable bonds is 7. The molecular formula is C23H23ClN4O4. The molecule has 32 heavy (non-hydrogen) atoms. The summed E-state index contributed by atoms with van der Waals surface area (Å²) >= 11 is 6.35. The monoisotopic (exact) mass is 454 g/mol. The molecule has 2 aromatic carbocycles. The number of anilines is 1. The van der Waals surface area contributed by atoms with Crippen LogP contribution in [0.1, 0.15) is 30.1 Å². The molecule has 1 saturated carbocycles. The molecule has 1 fully saturated rings. The number of benzene rings is 2. The normalized spacial score (nSPS) is 12.8. The largest absolute Gasteiger partial charge is 0.496 e. The smallest absolute Gasteiger partial charge is 0.319 e. The maximum atomic E-state index is 12.6. The number of hydrogen-bond acceptors (Lipinski definition) is 5. The zero-order valence-electron chi connectivity index (χ0n) is 17.7. The number of halogens is 1. The van der Waals surface area contributed by atoms with Gasteiger partial charge in [0.1, 0.15) is 22.8 Å². The van der Waals surface area contributed by atoms with Gasteiger partial charge in [-0.25, -0.2) is 4.79 Å². The van der Waals surface area contributed by atoms with Crippen molar-refractivity contribution < 1.29 is 19.1 Å². The van der Waals surface area contributed by atoms with Crippen molar-refractivity contribution in [2.24, 2.45) is 0 Å². The Kier molecular flexibility index (Phi) is 6.32. The van der Waals surface area contributed by atoms with E-state index in [9.17, 15) is 9.59 Å². The Hall–Kier alpha value is -3.52. The second-order valence-corrected chi connectivity index (χ2v) is 7.73. The van der Waals surface area contributed by atoms with Crippen molar-refractivity contribution in [2.75, 3.05) is 19.0 Å². The molecule has 0 bridgehead atoms. The molecule has 166 valence electrons. The van der Waals surface area contributed by atoms with Gasteiger partial charge in [0.15, 0.2) is 0 Å². The number of hydrogen-bond donors (Lipinski definition) is 3. The van der Waals surface area contributed by atoms with Crippen molar-refractivity contribution in [1.29, 1.82) is 0 Å². The molecule has 0 saturated heterocycles. The van der Waals surface area contributed by atoms with Crippen LogP contribution in [-0.2, 0) is 0 Å². The summed E-state index contributed by atoms with van der Waals surface area (Å²) in [6, 6.07) is 10.2. The Bertz CT molecular complexity index is 1180. The molecule has 1 aromatic heterocycles. The number of methoxy groups -OCH3 is 1. The number of carbonyl (C=O) groups is 2. The van der Waals surface area contributed by atoms with Crippen LogP contribution >= 0.6 is 11.6 Å². The quantitative estimate of drug-likeness (QED) is 0.479. The van der Waals surface area contributed by atoms with Gasteiger partial charge in [-0.05, 0) is 50.1 Å². The molecule has 1 aliphatic rings. The van der Waals surface area contributed by atoms with Gasteiger partial charge in [0.05, 0.1) is 23.3 Å². The highest BCUT2D eigenvalue weighted by Gasteiger charge is 2.23. The molecule has 3 aromatic rings. The lowest BCUT2D eigenvalue weighted by Gasteiger charge is -2.14. The van der Waals surface area contributed by atoms with Gasteiger partial charge in [0.25, 0.3) is 5.91 Å². The summed E-state index contributed by atoms with van der Waals surface area (Å²) in [6.45, 7) is 2.32. The summed E-state index contributed by atoms with van der Waals surface area (Å²) < 4.78 is 11.4. The first-order valence-electron chi connectivity index (χ1n) is 10.3. The van der Waals surface area contributed by atoms with Crippen molar-refractivity contribution in [3.8, 4) is 17.2 Å². The first-order valence-corrected chi connectivity index (χ1v) is 10.7. The lowest BCUT2D eigenvalue weighted by Crippen LogP contribution is -2.30. The van der Waals surface area contributed by atoms with E-state index in [0.717, 1.165) is 12.8 Å². The van der Waals surface area contributed by atoms with E-state index >= 15 is 0 Å². The molecule has 4 rings (SSSR count). The third-order valence-corrected chi connectivity index (χ3v) is 5.26. The minimum atomic E-state index is -0.282. The van der Waals surface area contributed by atoms with Crippen LogP contribution in [0.15, 0.2) is 42.6 Å². The zero-order valence-corrected chi connectivity index (χ0v) is 18.5. The van der Waals surface area contributed by atoms with Gasteiger partial charge in [0, 0.05) is 30.2 Å². The molecule has 1 aliphatic carbocycles. The minimum Gasteiger partial charge on any atom is -0.496 e. The number of ether oxygens (including phenoxy) is 2. The lowest BCUT2D eigenvalue weighted by molar-refractivity contribution is 0.0954. The van der Waals surface area contributed by atoms with Gasteiger partial charge in [-0.2, -0.15) is 0 Å². The summed E-state index contributed by atoms with van der Waals surface area (Å²) in [7, 11) is 1.51. The number of carbonyl (C=O) groups excluding carboxylic acids is 2.